The van der Waals surface area contributed by atoms with Gasteiger partial charge < -0.3 is 9.84 Å². The largest absolute Gasteiger partial charge is 0.508 e. The predicted molar refractivity (Wildman–Crippen MR) is 82.1 cm³/mol. The molecule has 112 valence electrons. The summed E-state index contributed by atoms with van der Waals surface area (Å²) in [5, 5.41) is 9.35. The van der Waals surface area contributed by atoms with E-state index in [1.165, 1.54) is 5.56 Å². The third-order valence-corrected chi connectivity index (χ3v) is 3.81. The second-order valence-corrected chi connectivity index (χ2v) is 7.25. The summed E-state index contributed by atoms with van der Waals surface area (Å²) in [6.07, 6.45) is 0.992. The molecule has 1 heterocycles. The molecule has 0 radical (unpaired) electrons. The summed E-state index contributed by atoms with van der Waals surface area (Å²) >= 11 is 0. The van der Waals surface area contributed by atoms with Gasteiger partial charge in [-0.25, -0.2) is 0 Å². The zero-order valence-corrected chi connectivity index (χ0v) is 13.3. The molecule has 1 saturated heterocycles. The molecule has 1 aromatic rings. The Morgan fingerprint density at radius 2 is 1.60 bits per heavy atom. The van der Waals surface area contributed by atoms with Crippen molar-refractivity contribution in [1.82, 2.24) is 4.90 Å². The van der Waals surface area contributed by atoms with Crippen LogP contribution in [0.4, 0.5) is 0 Å². The molecule has 0 bridgehead atoms. The zero-order chi connectivity index (χ0) is 15.0. The van der Waals surface area contributed by atoms with E-state index in [4.69, 9.17) is 4.74 Å². The van der Waals surface area contributed by atoms with Crippen LogP contribution < -0.4 is 0 Å². The third-order valence-electron chi connectivity index (χ3n) is 3.81. The average molecular weight is 277 g/mol. The molecule has 1 N–H and O–H groups in total. The van der Waals surface area contributed by atoms with E-state index in [1.807, 2.05) is 12.1 Å². The molecule has 3 heteroatoms. The Morgan fingerprint density at radius 1 is 1.10 bits per heavy atom. The van der Waals surface area contributed by atoms with Crippen LogP contribution in [0.25, 0.3) is 0 Å². The number of phenols is 1. The van der Waals surface area contributed by atoms with E-state index in [0.29, 0.717) is 11.8 Å². The number of benzene rings is 1. The van der Waals surface area contributed by atoms with Crippen LogP contribution in [0.5, 0.6) is 5.75 Å². The van der Waals surface area contributed by atoms with Gasteiger partial charge in [-0.1, -0.05) is 12.1 Å². The molecule has 0 spiro atoms. The molecule has 3 nitrogen and oxygen atoms in total. The van der Waals surface area contributed by atoms with Crippen molar-refractivity contribution in [3.05, 3.63) is 29.8 Å². The Bertz CT molecular complexity index is 435. The van der Waals surface area contributed by atoms with Crippen LogP contribution in [0.3, 0.4) is 0 Å². The van der Waals surface area contributed by atoms with Crippen molar-refractivity contribution in [1.29, 1.82) is 0 Å². The molecule has 0 amide bonds. The van der Waals surface area contributed by atoms with Gasteiger partial charge in [-0.15, -0.1) is 0 Å². The monoisotopic (exact) mass is 277 g/mol. The molecule has 0 saturated carbocycles. The summed E-state index contributed by atoms with van der Waals surface area (Å²) in [5.41, 5.74) is 1.05. The Labute approximate surface area is 122 Å². The Balaban J connectivity index is 2.04. The number of nitrogens with zero attached hydrogens (tertiary/aromatic N) is 1. The normalized spacial score (nSPS) is 23.4. The second kappa shape index (κ2) is 5.38. The maximum absolute atomic E-state index is 9.35. The first-order valence-electron chi connectivity index (χ1n) is 7.39. The van der Waals surface area contributed by atoms with E-state index in [0.717, 1.165) is 19.5 Å². The minimum Gasteiger partial charge on any atom is -0.508 e. The summed E-state index contributed by atoms with van der Waals surface area (Å²) in [7, 11) is 0. The lowest BCUT2D eigenvalue weighted by molar-refractivity contribution is -0.186. The van der Waals surface area contributed by atoms with E-state index in [2.05, 4.69) is 39.5 Å². The van der Waals surface area contributed by atoms with Crippen molar-refractivity contribution in [2.24, 2.45) is 0 Å². The highest BCUT2D eigenvalue weighted by molar-refractivity contribution is 5.26. The quantitative estimate of drug-likeness (QED) is 0.921. The first-order chi connectivity index (χ1) is 9.17. The van der Waals surface area contributed by atoms with E-state index in [1.54, 1.807) is 12.1 Å². The van der Waals surface area contributed by atoms with Gasteiger partial charge in [-0.2, -0.15) is 0 Å². The first kappa shape index (κ1) is 15.3. The van der Waals surface area contributed by atoms with Gasteiger partial charge in [0.05, 0.1) is 11.2 Å². The van der Waals surface area contributed by atoms with Crippen LogP contribution >= 0.6 is 0 Å². The lowest BCUT2D eigenvalue weighted by atomic mass is 9.96. The Morgan fingerprint density at radius 3 is 2.10 bits per heavy atom. The van der Waals surface area contributed by atoms with Crippen LogP contribution in [-0.4, -0.2) is 40.3 Å². The van der Waals surface area contributed by atoms with Crippen molar-refractivity contribution < 1.29 is 9.84 Å². The van der Waals surface area contributed by atoms with Crippen LogP contribution in [0.1, 0.15) is 40.2 Å². The molecule has 1 aliphatic rings. The maximum Gasteiger partial charge on any atom is 0.115 e. The highest BCUT2D eigenvalue weighted by Crippen LogP contribution is 2.29. The summed E-state index contributed by atoms with van der Waals surface area (Å²) in [6, 6.07) is 7.98. The first-order valence-corrected chi connectivity index (χ1v) is 7.39. The topological polar surface area (TPSA) is 32.7 Å². The van der Waals surface area contributed by atoms with E-state index in [9.17, 15) is 5.11 Å². The van der Waals surface area contributed by atoms with Crippen LogP contribution in [-0.2, 0) is 11.2 Å². The van der Waals surface area contributed by atoms with Crippen molar-refractivity contribution in [2.45, 2.75) is 58.3 Å². The minimum atomic E-state index is -0.106. The molecular weight excluding hydrogens is 250 g/mol. The number of hydrogen-bond donors (Lipinski definition) is 1. The van der Waals surface area contributed by atoms with Gasteiger partial charge in [0.15, 0.2) is 0 Å². The number of phenolic OH excluding ortho intramolecular Hbond substituents is 1. The summed E-state index contributed by atoms with van der Waals surface area (Å²) < 4.78 is 6.13. The van der Waals surface area contributed by atoms with Crippen molar-refractivity contribution in [3.63, 3.8) is 0 Å². The maximum atomic E-state index is 9.35. The van der Waals surface area contributed by atoms with Crippen LogP contribution in [0, 0.1) is 0 Å². The average Bonchev–Trinajstić information content (AvgIpc) is 2.28. The number of rotatable bonds is 3. The molecule has 1 aromatic carbocycles. The molecular formula is C17H27NO2. The van der Waals surface area contributed by atoms with Gasteiger partial charge in [-0.05, 0) is 58.7 Å². The highest BCUT2D eigenvalue weighted by atomic mass is 16.5. The molecule has 1 unspecified atom stereocenters. The lowest BCUT2D eigenvalue weighted by Crippen LogP contribution is -2.59. The van der Waals surface area contributed by atoms with Crippen LogP contribution in [0.15, 0.2) is 24.3 Å². The lowest BCUT2D eigenvalue weighted by Gasteiger charge is -2.49. The number of morpholine rings is 1. The predicted octanol–water partition coefficient (Wildman–Crippen LogP) is 3.21. The highest BCUT2D eigenvalue weighted by Gasteiger charge is 2.39. The molecule has 0 aromatic heterocycles. The fourth-order valence-electron chi connectivity index (χ4n) is 3.26. The Hall–Kier alpha value is -1.06. The van der Waals surface area contributed by atoms with Gasteiger partial charge >= 0.3 is 0 Å². The van der Waals surface area contributed by atoms with Gasteiger partial charge in [0.2, 0.25) is 0 Å². The molecule has 1 atom stereocenters. The standard InChI is InChI=1S/C17H27NO2/c1-13(10-14-6-8-15(19)9-7-14)18-11-16(2,3)20-17(4,5)12-18/h6-9,13,19H,10-12H2,1-5H3. The number of hydrogen-bond acceptors (Lipinski definition) is 3. The van der Waals surface area contributed by atoms with Crippen molar-refractivity contribution in [3.8, 4) is 5.75 Å². The van der Waals surface area contributed by atoms with Gasteiger partial charge in [-0.3, -0.25) is 4.90 Å². The van der Waals surface area contributed by atoms with Crippen molar-refractivity contribution in [2.75, 3.05) is 13.1 Å². The molecule has 20 heavy (non-hydrogen) atoms. The second-order valence-electron chi connectivity index (χ2n) is 7.25. The molecule has 0 aliphatic carbocycles. The van der Waals surface area contributed by atoms with Crippen LogP contribution in [0.2, 0.25) is 0 Å². The SMILES string of the molecule is CC(Cc1ccc(O)cc1)N1CC(C)(C)OC(C)(C)C1. The van der Waals surface area contributed by atoms with Gasteiger partial charge in [0.1, 0.15) is 5.75 Å². The molecule has 1 aliphatic heterocycles. The van der Waals surface area contributed by atoms with Gasteiger partial charge in [0, 0.05) is 19.1 Å². The Kier molecular flexibility index (Phi) is 4.12. The number of aromatic hydroxyl groups is 1. The summed E-state index contributed by atoms with van der Waals surface area (Å²) in [5.74, 6) is 0.329. The van der Waals surface area contributed by atoms with E-state index in [-0.39, 0.29) is 11.2 Å². The summed E-state index contributed by atoms with van der Waals surface area (Å²) in [4.78, 5) is 2.51. The van der Waals surface area contributed by atoms with Crippen molar-refractivity contribution >= 4 is 0 Å². The van der Waals surface area contributed by atoms with E-state index >= 15 is 0 Å². The fraction of sp³-hybridized carbons (Fsp3) is 0.647. The third kappa shape index (κ3) is 3.97. The number of ether oxygens (including phenoxy) is 1. The zero-order valence-electron chi connectivity index (χ0n) is 13.3. The molecule has 1 fully saturated rings. The smallest absolute Gasteiger partial charge is 0.115 e. The minimum absolute atomic E-state index is 0.106. The molecule has 2 rings (SSSR count). The fourth-order valence-corrected chi connectivity index (χ4v) is 3.26. The van der Waals surface area contributed by atoms with E-state index < -0.39 is 0 Å². The van der Waals surface area contributed by atoms with Gasteiger partial charge in [0.25, 0.3) is 0 Å². The summed E-state index contributed by atoms with van der Waals surface area (Å²) in [6.45, 7) is 12.8.